The first-order valence-electron chi connectivity index (χ1n) is 4.63. The largest absolute Gasteiger partial charge is 0.338 e. The number of carbonyl (C=O) groups excluding carboxylic acids is 1. The fourth-order valence-corrected chi connectivity index (χ4v) is 1.87. The van der Waals surface area contributed by atoms with E-state index in [9.17, 15) is 9.59 Å². The van der Waals surface area contributed by atoms with Crippen LogP contribution < -0.4 is 5.56 Å². The highest BCUT2D eigenvalue weighted by molar-refractivity contribution is 5.78. The van der Waals surface area contributed by atoms with Gasteiger partial charge in [0.25, 0.3) is 5.56 Å². The molecule has 4 nitrogen and oxygen atoms in total. The Morgan fingerprint density at radius 1 is 1.50 bits per heavy atom. The lowest BCUT2D eigenvalue weighted by Gasteiger charge is -2.18. The van der Waals surface area contributed by atoms with Crippen molar-refractivity contribution < 1.29 is 4.79 Å². The molecule has 0 unspecified atom stereocenters. The van der Waals surface area contributed by atoms with Gasteiger partial charge in [0, 0.05) is 25.2 Å². The molecule has 1 aromatic rings. The van der Waals surface area contributed by atoms with E-state index in [0.717, 1.165) is 6.42 Å². The summed E-state index contributed by atoms with van der Waals surface area (Å²) in [6.07, 6.45) is 2.88. The van der Waals surface area contributed by atoms with E-state index >= 15 is 0 Å². The Balaban J connectivity index is 2.37. The Bertz CT molecular complexity index is 411. The van der Waals surface area contributed by atoms with Crippen LogP contribution in [-0.4, -0.2) is 22.8 Å². The summed E-state index contributed by atoms with van der Waals surface area (Å²) in [4.78, 5) is 27.0. The minimum absolute atomic E-state index is 0.0487. The number of likely N-dealkylation sites (tertiary alicyclic amines) is 1. The van der Waals surface area contributed by atoms with Crippen molar-refractivity contribution in [3.63, 3.8) is 0 Å². The van der Waals surface area contributed by atoms with Crippen molar-refractivity contribution in [3.8, 4) is 0 Å². The molecule has 4 heteroatoms. The van der Waals surface area contributed by atoms with Crippen LogP contribution in [0.25, 0.3) is 0 Å². The summed E-state index contributed by atoms with van der Waals surface area (Å²) in [5.41, 5.74) is 0.583. The Labute approximate surface area is 81.6 Å². The van der Waals surface area contributed by atoms with Gasteiger partial charge in [0.15, 0.2) is 0 Å². The van der Waals surface area contributed by atoms with E-state index in [4.69, 9.17) is 0 Å². The molecule has 14 heavy (non-hydrogen) atoms. The molecule has 1 atom stereocenters. The fourth-order valence-electron chi connectivity index (χ4n) is 1.87. The fraction of sp³-hybridized carbons (Fsp3) is 0.400. The highest BCUT2D eigenvalue weighted by Gasteiger charge is 2.30. The monoisotopic (exact) mass is 192 g/mol. The second-order valence-corrected chi connectivity index (χ2v) is 3.51. The summed E-state index contributed by atoms with van der Waals surface area (Å²) in [5, 5.41) is 0. The number of aromatic nitrogens is 1. The topological polar surface area (TPSA) is 53.2 Å². The van der Waals surface area contributed by atoms with Crippen molar-refractivity contribution in [2.75, 3.05) is 7.05 Å². The zero-order valence-corrected chi connectivity index (χ0v) is 7.99. The van der Waals surface area contributed by atoms with Crippen LogP contribution >= 0.6 is 0 Å². The number of nitrogens with zero attached hydrogens (tertiary/aromatic N) is 1. The molecule has 0 bridgehead atoms. The van der Waals surface area contributed by atoms with Crippen LogP contribution in [0.15, 0.2) is 23.1 Å². The van der Waals surface area contributed by atoms with Gasteiger partial charge in [-0.05, 0) is 18.6 Å². The predicted octanol–water partition coefficient (Wildman–Crippen LogP) is 0.668. The Kier molecular flexibility index (Phi) is 2.11. The number of hydrogen-bond acceptors (Lipinski definition) is 2. The molecule has 1 N–H and O–H groups in total. The molecular formula is C10H12N2O2. The van der Waals surface area contributed by atoms with E-state index in [1.807, 2.05) is 0 Å². The molecule has 74 valence electrons. The third-order valence-electron chi connectivity index (χ3n) is 2.70. The van der Waals surface area contributed by atoms with Gasteiger partial charge in [0.2, 0.25) is 5.91 Å². The minimum Gasteiger partial charge on any atom is -0.338 e. The highest BCUT2D eigenvalue weighted by Crippen LogP contribution is 2.28. The highest BCUT2D eigenvalue weighted by atomic mass is 16.2. The lowest BCUT2D eigenvalue weighted by Crippen LogP contribution is -2.27. The molecule has 0 aliphatic carbocycles. The number of aromatic amines is 1. The zero-order valence-electron chi connectivity index (χ0n) is 7.99. The first-order valence-corrected chi connectivity index (χ1v) is 4.63. The van der Waals surface area contributed by atoms with E-state index in [-0.39, 0.29) is 17.5 Å². The average molecular weight is 192 g/mol. The Morgan fingerprint density at radius 2 is 2.29 bits per heavy atom. The molecule has 0 aromatic carbocycles. The molecule has 1 aliphatic heterocycles. The number of hydrogen-bond donors (Lipinski definition) is 1. The first-order chi connectivity index (χ1) is 6.70. The van der Waals surface area contributed by atoms with Gasteiger partial charge in [0.05, 0.1) is 6.04 Å². The molecule has 2 rings (SSSR count). The van der Waals surface area contributed by atoms with Crippen LogP contribution in [0.1, 0.15) is 24.4 Å². The van der Waals surface area contributed by atoms with E-state index < -0.39 is 0 Å². The number of H-pyrrole nitrogens is 1. The summed E-state index contributed by atoms with van der Waals surface area (Å²) in [7, 11) is 1.74. The number of rotatable bonds is 1. The van der Waals surface area contributed by atoms with Crippen molar-refractivity contribution in [1.82, 2.24) is 9.88 Å². The van der Waals surface area contributed by atoms with Crippen LogP contribution in [0.3, 0.4) is 0 Å². The van der Waals surface area contributed by atoms with Crippen molar-refractivity contribution >= 4 is 5.91 Å². The zero-order chi connectivity index (χ0) is 10.1. The van der Waals surface area contributed by atoms with E-state index in [1.54, 1.807) is 30.3 Å². The van der Waals surface area contributed by atoms with Gasteiger partial charge >= 0.3 is 0 Å². The average Bonchev–Trinajstić information content (AvgIpc) is 2.49. The molecule has 2 heterocycles. The van der Waals surface area contributed by atoms with E-state index in [2.05, 4.69) is 4.98 Å². The van der Waals surface area contributed by atoms with Gasteiger partial charge in [-0.15, -0.1) is 0 Å². The Morgan fingerprint density at radius 3 is 2.86 bits per heavy atom. The van der Waals surface area contributed by atoms with Gasteiger partial charge in [-0.2, -0.15) is 0 Å². The van der Waals surface area contributed by atoms with Crippen LogP contribution in [0.2, 0.25) is 0 Å². The van der Waals surface area contributed by atoms with E-state index in [0.29, 0.717) is 12.0 Å². The van der Waals surface area contributed by atoms with Crippen LogP contribution in [-0.2, 0) is 4.79 Å². The number of nitrogens with one attached hydrogen (secondary N) is 1. The molecule has 1 fully saturated rings. The van der Waals surface area contributed by atoms with Crippen molar-refractivity contribution in [2.24, 2.45) is 0 Å². The SMILES string of the molecule is CN1C(=O)CC[C@H]1c1ccc[nH]c1=O. The maximum Gasteiger partial charge on any atom is 0.253 e. The molecule has 0 radical (unpaired) electrons. The molecule has 1 aliphatic rings. The molecule has 1 amide bonds. The minimum atomic E-state index is -0.0981. The third-order valence-corrected chi connectivity index (χ3v) is 2.70. The molecule has 1 aromatic heterocycles. The van der Waals surface area contributed by atoms with E-state index in [1.165, 1.54) is 0 Å². The van der Waals surface area contributed by atoms with Gasteiger partial charge in [-0.3, -0.25) is 9.59 Å². The van der Waals surface area contributed by atoms with Gasteiger partial charge in [-0.1, -0.05) is 0 Å². The summed E-state index contributed by atoms with van der Waals surface area (Å²) < 4.78 is 0. The summed E-state index contributed by atoms with van der Waals surface area (Å²) in [5.74, 6) is 0.109. The summed E-state index contributed by atoms with van der Waals surface area (Å²) in [6, 6.07) is 3.51. The summed E-state index contributed by atoms with van der Waals surface area (Å²) in [6.45, 7) is 0. The van der Waals surface area contributed by atoms with Gasteiger partial charge in [0.1, 0.15) is 0 Å². The van der Waals surface area contributed by atoms with Crippen molar-refractivity contribution in [3.05, 3.63) is 34.2 Å². The maximum atomic E-state index is 11.5. The second-order valence-electron chi connectivity index (χ2n) is 3.51. The quantitative estimate of drug-likeness (QED) is 0.711. The van der Waals surface area contributed by atoms with Crippen molar-refractivity contribution in [1.29, 1.82) is 0 Å². The van der Waals surface area contributed by atoms with Gasteiger partial charge < -0.3 is 9.88 Å². The number of carbonyl (C=O) groups is 1. The van der Waals surface area contributed by atoms with Crippen molar-refractivity contribution in [2.45, 2.75) is 18.9 Å². The molecular weight excluding hydrogens is 180 g/mol. The third kappa shape index (κ3) is 1.32. The normalized spacial score (nSPS) is 21.6. The van der Waals surface area contributed by atoms with Crippen LogP contribution in [0.4, 0.5) is 0 Å². The Hall–Kier alpha value is -1.58. The predicted molar refractivity (Wildman–Crippen MR) is 51.8 cm³/mol. The second kappa shape index (κ2) is 3.29. The standard InChI is InChI=1S/C10H12N2O2/c1-12-8(4-5-9(12)13)7-3-2-6-11-10(7)14/h2-3,6,8H,4-5H2,1H3,(H,11,14)/t8-/m0/s1. The summed E-state index contributed by atoms with van der Waals surface area (Å²) >= 11 is 0. The lowest BCUT2D eigenvalue weighted by molar-refractivity contribution is -0.127. The smallest absolute Gasteiger partial charge is 0.253 e. The van der Waals surface area contributed by atoms with Crippen LogP contribution in [0.5, 0.6) is 0 Å². The van der Waals surface area contributed by atoms with Crippen LogP contribution in [0, 0.1) is 0 Å². The number of amides is 1. The van der Waals surface area contributed by atoms with Gasteiger partial charge in [-0.25, -0.2) is 0 Å². The lowest BCUT2D eigenvalue weighted by atomic mass is 10.1. The molecule has 0 spiro atoms. The maximum absolute atomic E-state index is 11.5. The molecule has 1 saturated heterocycles. The molecule has 0 saturated carbocycles. The number of pyridine rings is 1. The first kappa shape index (κ1) is 8.99.